The molecule has 0 aliphatic carbocycles. The lowest BCUT2D eigenvalue weighted by Gasteiger charge is -2.07. The minimum atomic E-state index is -0.418. The van der Waals surface area contributed by atoms with E-state index in [1.807, 2.05) is 42.5 Å². The zero-order valence-corrected chi connectivity index (χ0v) is 13.5. The summed E-state index contributed by atoms with van der Waals surface area (Å²) in [5.74, 6) is -0.235. The molecule has 3 aromatic rings. The monoisotopic (exact) mass is 369 g/mol. The Morgan fingerprint density at radius 3 is 2.35 bits per heavy atom. The number of nitrogens with zero attached hydrogens (tertiary/aromatic N) is 2. The molecule has 0 bridgehead atoms. The minimum absolute atomic E-state index is 0.183. The molecule has 0 aliphatic rings. The molecule has 114 valence electrons. The lowest BCUT2D eigenvalue weighted by Crippen LogP contribution is -2.20. The zero-order chi connectivity index (χ0) is 16.1. The fourth-order valence-corrected chi connectivity index (χ4v) is 2.31. The fourth-order valence-electron chi connectivity index (χ4n) is 2.00. The van der Waals surface area contributed by atoms with Crippen LogP contribution in [0.15, 0.2) is 81.2 Å². The third kappa shape index (κ3) is 3.73. The fraction of sp³-hybridized carbons (Fsp3) is 0. The zero-order valence-electron chi connectivity index (χ0n) is 11.9. The van der Waals surface area contributed by atoms with Gasteiger partial charge in [-0.2, -0.15) is 5.10 Å². The van der Waals surface area contributed by atoms with E-state index < -0.39 is 5.91 Å². The van der Waals surface area contributed by atoms with Crippen LogP contribution in [0.1, 0.15) is 21.7 Å². The van der Waals surface area contributed by atoms with Crippen LogP contribution in [0.5, 0.6) is 0 Å². The molecule has 5 nitrogen and oxygen atoms in total. The molecule has 6 heteroatoms. The molecule has 1 amide bonds. The van der Waals surface area contributed by atoms with Crippen LogP contribution in [-0.4, -0.2) is 16.6 Å². The number of pyridine rings is 1. The van der Waals surface area contributed by atoms with Crippen molar-refractivity contribution >= 4 is 27.5 Å². The predicted molar refractivity (Wildman–Crippen MR) is 90.2 cm³/mol. The maximum absolute atomic E-state index is 12.1. The van der Waals surface area contributed by atoms with E-state index >= 15 is 0 Å². The Kier molecular flexibility index (Phi) is 4.63. The molecule has 23 heavy (non-hydrogen) atoms. The first-order valence-electron chi connectivity index (χ1n) is 6.83. The number of amides is 1. The topological polar surface area (TPSA) is 67.5 Å². The van der Waals surface area contributed by atoms with Crippen molar-refractivity contribution < 1.29 is 9.21 Å². The van der Waals surface area contributed by atoms with Gasteiger partial charge in [-0.15, -0.1) is 0 Å². The Morgan fingerprint density at radius 2 is 1.70 bits per heavy atom. The Balaban J connectivity index is 1.91. The number of carbonyl (C=O) groups excluding carboxylic acids is 1. The highest BCUT2D eigenvalue weighted by atomic mass is 79.9. The van der Waals surface area contributed by atoms with Crippen LogP contribution in [-0.2, 0) is 0 Å². The highest BCUT2D eigenvalue weighted by Crippen LogP contribution is 2.14. The molecule has 0 saturated heterocycles. The number of carbonyl (C=O) groups is 1. The summed E-state index contributed by atoms with van der Waals surface area (Å²) in [6.07, 6.45) is 3.36. The van der Waals surface area contributed by atoms with E-state index in [2.05, 4.69) is 31.4 Å². The van der Waals surface area contributed by atoms with Crippen LogP contribution in [0.25, 0.3) is 0 Å². The van der Waals surface area contributed by atoms with E-state index in [0.29, 0.717) is 10.4 Å². The maximum Gasteiger partial charge on any atom is 0.307 e. The van der Waals surface area contributed by atoms with Crippen molar-refractivity contribution in [3.8, 4) is 0 Å². The second-order valence-electron chi connectivity index (χ2n) is 4.61. The van der Waals surface area contributed by atoms with Gasteiger partial charge in [0.15, 0.2) is 10.4 Å². The number of aromatic nitrogens is 1. The van der Waals surface area contributed by atoms with Crippen LogP contribution in [0.2, 0.25) is 0 Å². The summed E-state index contributed by atoms with van der Waals surface area (Å²) in [4.78, 5) is 16.1. The Labute approximate surface area is 141 Å². The van der Waals surface area contributed by atoms with Gasteiger partial charge in [-0.3, -0.25) is 9.78 Å². The third-order valence-corrected chi connectivity index (χ3v) is 3.49. The van der Waals surface area contributed by atoms with E-state index in [1.54, 1.807) is 24.5 Å². The summed E-state index contributed by atoms with van der Waals surface area (Å²) < 4.78 is 5.70. The van der Waals surface area contributed by atoms with Gasteiger partial charge >= 0.3 is 5.91 Å². The molecule has 0 unspecified atom stereocenters. The molecular formula is C17H12BrN3O2. The van der Waals surface area contributed by atoms with Crippen LogP contribution < -0.4 is 5.43 Å². The molecule has 1 N–H and O–H groups in total. The Hall–Kier alpha value is -2.73. The molecule has 0 saturated carbocycles. The van der Waals surface area contributed by atoms with Gasteiger partial charge in [-0.25, -0.2) is 5.43 Å². The first-order valence-corrected chi connectivity index (χ1v) is 7.62. The lowest BCUT2D eigenvalue weighted by molar-refractivity contribution is 0.0926. The van der Waals surface area contributed by atoms with Gasteiger partial charge < -0.3 is 4.42 Å². The van der Waals surface area contributed by atoms with E-state index in [4.69, 9.17) is 4.42 Å². The number of hydrogen-bond acceptors (Lipinski definition) is 4. The largest absolute Gasteiger partial charge is 0.444 e. The van der Waals surface area contributed by atoms with Crippen LogP contribution in [0.4, 0.5) is 0 Å². The molecule has 0 radical (unpaired) electrons. The van der Waals surface area contributed by atoms with Gasteiger partial charge in [0.25, 0.3) is 0 Å². The van der Waals surface area contributed by atoms with E-state index in [1.165, 1.54) is 0 Å². The maximum atomic E-state index is 12.1. The van der Waals surface area contributed by atoms with Crippen LogP contribution >= 0.6 is 15.9 Å². The smallest absolute Gasteiger partial charge is 0.307 e. The van der Waals surface area contributed by atoms with Gasteiger partial charge in [-0.1, -0.05) is 30.3 Å². The number of rotatable bonds is 4. The lowest BCUT2D eigenvalue weighted by atomic mass is 10.0. The van der Waals surface area contributed by atoms with Crippen molar-refractivity contribution in [1.82, 2.24) is 10.4 Å². The second kappa shape index (κ2) is 7.02. The number of benzene rings is 1. The molecule has 0 aliphatic heterocycles. The summed E-state index contributed by atoms with van der Waals surface area (Å²) in [7, 11) is 0. The van der Waals surface area contributed by atoms with Crippen molar-refractivity contribution in [2.45, 2.75) is 0 Å². The minimum Gasteiger partial charge on any atom is -0.444 e. The normalized spacial score (nSPS) is 11.3. The number of nitrogens with one attached hydrogen (secondary N) is 1. The Morgan fingerprint density at radius 1 is 1.00 bits per heavy atom. The molecule has 2 heterocycles. The van der Waals surface area contributed by atoms with Gasteiger partial charge in [0.2, 0.25) is 0 Å². The van der Waals surface area contributed by atoms with Crippen molar-refractivity contribution in [3.05, 3.63) is 88.5 Å². The molecule has 1 aromatic carbocycles. The van der Waals surface area contributed by atoms with Gasteiger partial charge in [-0.05, 0) is 40.2 Å². The summed E-state index contributed by atoms with van der Waals surface area (Å²) in [6.45, 7) is 0. The highest BCUT2D eigenvalue weighted by molar-refractivity contribution is 9.10. The average molecular weight is 370 g/mol. The molecular weight excluding hydrogens is 358 g/mol. The van der Waals surface area contributed by atoms with Gasteiger partial charge in [0.1, 0.15) is 0 Å². The number of furan rings is 1. The summed E-state index contributed by atoms with van der Waals surface area (Å²) in [5.41, 5.74) is 4.91. The van der Waals surface area contributed by atoms with Crippen LogP contribution in [0.3, 0.4) is 0 Å². The quantitative estimate of drug-likeness (QED) is 0.564. The SMILES string of the molecule is O=C(N/N=C(/c1ccccc1)c1ccncc1)c1ccc(Br)o1. The van der Waals surface area contributed by atoms with Crippen LogP contribution in [0, 0.1) is 0 Å². The predicted octanol–water partition coefficient (Wildman–Crippen LogP) is 3.62. The summed E-state index contributed by atoms with van der Waals surface area (Å²) in [5, 5.41) is 4.26. The van der Waals surface area contributed by atoms with Crippen molar-refractivity contribution in [1.29, 1.82) is 0 Å². The number of halogens is 1. The van der Waals surface area contributed by atoms with Crippen molar-refractivity contribution in [2.75, 3.05) is 0 Å². The molecule has 0 spiro atoms. The van der Waals surface area contributed by atoms with Gasteiger partial charge in [0, 0.05) is 23.5 Å². The van der Waals surface area contributed by atoms with Crippen molar-refractivity contribution in [3.63, 3.8) is 0 Å². The van der Waals surface area contributed by atoms with E-state index in [9.17, 15) is 4.79 Å². The third-order valence-electron chi connectivity index (χ3n) is 3.07. The number of hydrazone groups is 1. The molecule has 3 rings (SSSR count). The standard InChI is InChI=1S/C17H12BrN3O2/c18-15-7-6-14(23-15)17(22)21-20-16(12-4-2-1-3-5-12)13-8-10-19-11-9-13/h1-11H,(H,21,22)/b20-16-. The van der Waals surface area contributed by atoms with E-state index in [0.717, 1.165) is 11.1 Å². The second-order valence-corrected chi connectivity index (χ2v) is 5.39. The Bertz CT molecular complexity index is 788. The first kappa shape index (κ1) is 15.2. The van der Waals surface area contributed by atoms with Gasteiger partial charge in [0.05, 0.1) is 5.71 Å². The average Bonchev–Trinajstić information content (AvgIpc) is 3.03. The molecule has 0 atom stereocenters. The molecule has 0 fully saturated rings. The first-order chi connectivity index (χ1) is 11.2. The number of hydrogen-bond donors (Lipinski definition) is 1. The molecule has 2 aromatic heterocycles. The van der Waals surface area contributed by atoms with Crippen molar-refractivity contribution in [2.24, 2.45) is 5.10 Å². The summed E-state index contributed by atoms with van der Waals surface area (Å²) in [6, 6.07) is 16.5. The summed E-state index contributed by atoms with van der Waals surface area (Å²) >= 11 is 3.16. The highest BCUT2D eigenvalue weighted by Gasteiger charge is 2.11. The van der Waals surface area contributed by atoms with E-state index in [-0.39, 0.29) is 5.76 Å².